The van der Waals surface area contributed by atoms with Gasteiger partial charge in [-0.3, -0.25) is 4.57 Å². The number of benzene rings is 1. The van der Waals surface area contributed by atoms with Crippen molar-refractivity contribution in [2.75, 3.05) is 22.9 Å². The second-order valence-electron chi connectivity index (χ2n) is 8.33. The van der Waals surface area contributed by atoms with Crippen molar-refractivity contribution in [1.29, 1.82) is 5.26 Å². The molecule has 11 heteroatoms. The lowest BCUT2D eigenvalue weighted by molar-refractivity contribution is -0.139. The largest absolute Gasteiger partial charge is 0.419 e. The number of piperazine rings is 1. The number of halogens is 4. The highest BCUT2D eigenvalue weighted by Gasteiger charge is 2.36. The summed E-state index contributed by atoms with van der Waals surface area (Å²) < 4.78 is 54.6. The molecule has 0 aliphatic carbocycles. The van der Waals surface area contributed by atoms with Crippen molar-refractivity contribution < 1.29 is 17.6 Å². The summed E-state index contributed by atoms with van der Waals surface area (Å²) in [5.74, 6) is -0.971. The summed E-state index contributed by atoms with van der Waals surface area (Å²) in [5, 5.41) is 9.28. The van der Waals surface area contributed by atoms with Gasteiger partial charge in [-0.25, -0.2) is 14.2 Å². The van der Waals surface area contributed by atoms with Gasteiger partial charge in [-0.15, -0.1) is 0 Å². The van der Waals surface area contributed by atoms with Gasteiger partial charge in [0.15, 0.2) is 5.82 Å². The van der Waals surface area contributed by atoms with E-state index in [1.165, 1.54) is 16.7 Å². The Morgan fingerprint density at radius 3 is 2.50 bits per heavy atom. The van der Waals surface area contributed by atoms with Crippen LogP contribution in [0.5, 0.6) is 0 Å². The molecule has 2 atom stereocenters. The first-order chi connectivity index (χ1) is 16.0. The summed E-state index contributed by atoms with van der Waals surface area (Å²) in [6.45, 7) is 4.56. The summed E-state index contributed by atoms with van der Waals surface area (Å²) >= 11 is 0. The zero-order chi connectivity index (χ0) is 24.8. The highest BCUT2D eigenvalue weighted by Crippen LogP contribution is 2.35. The van der Waals surface area contributed by atoms with Crippen LogP contribution in [0.15, 0.2) is 35.1 Å². The van der Waals surface area contributed by atoms with Gasteiger partial charge in [0, 0.05) is 37.9 Å². The highest BCUT2D eigenvalue weighted by atomic mass is 19.4. The second-order valence-corrected chi connectivity index (χ2v) is 8.33. The van der Waals surface area contributed by atoms with Crippen LogP contribution in [0.25, 0.3) is 11.0 Å². The number of anilines is 2. The van der Waals surface area contributed by atoms with Crippen LogP contribution in [-0.4, -0.2) is 39.7 Å². The van der Waals surface area contributed by atoms with Crippen molar-refractivity contribution in [2.24, 2.45) is 7.05 Å². The molecule has 1 fully saturated rings. The van der Waals surface area contributed by atoms with Crippen LogP contribution in [0.1, 0.15) is 31.5 Å². The number of fused-ring (bicyclic) bond motifs is 1. The lowest BCUT2D eigenvalue weighted by atomic mass is 10.0. The van der Waals surface area contributed by atoms with E-state index in [4.69, 9.17) is 0 Å². The lowest BCUT2D eigenvalue weighted by Gasteiger charge is -2.47. The van der Waals surface area contributed by atoms with Crippen molar-refractivity contribution in [3.05, 3.63) is 57.9 Å². The van der Waals surface area contributed by atoms with E-state index in [-0.39, 0.29) is 17.8 Å². The van der Waals surface area contributed by atoms with Gasteiger partial charge < -0.3 is 9.80 Å². The van der Waals surface area contributed by atoms with Crippen LogP contribution < -0.4 is 15.5 Å². The monoisotopic (exact) mass is 474 g/mol. The van der Waals surface area contributed by atoms with Gasteiger partial charge in [0.25, 0.3) is 0 Å². The van der Waals surface area contributed by atoms with Crippen LogP contribution in [0.2, 0.25) is 0 Å². The van der Waals surface area contributed by atoms with Crippen LogP contribution in [-0.2, 0) is 13.2 Å². The van der Waals surface area contributed by atoms with Crippen LogP contribution in [0.4, 0.5) is 29.1 Å². The van der Waals surface area contributed by atoms with Crippen LogP contribution >= 0.6 is 0 Å². The summed E-state index contributed by atoms with van der Waals surface area (Å²) in [6, 6.07) is 7.71. The summed E-state index contributed by atoms with van der Waals surface area (Å²) in [5.41, 5.74) is -0.283. The Hall–Kier alpha value is -3.68. The van der Waals surface area contributed by atoms with Crippen molar-refractivity contribution in [1.82, 2.24) is 14.5 Å². The maximum Gasteiger partial charge on any atom is 0.419 e. The summed E-state index contributed by atoms with van der Waals surface area (Å²) in [7, 11) is 1.57. The molecule has 1 aromatic carbocycles. The number of aromatic nitrogens is 3. The number of nitrogens with zero attached hydrogens (tertiary/aromatic N) is 6. The molecule has 0 N–H and O–H groups in total. The number of nitriles is 1. The summed E-state index contributed by atoms with van der Waals surface area (Å²) in [4.78, 5) is 24.9. The van der Waals surface area contributed by atoms with Gasteiger partial charge in [-0.2, -0.15) is 23.4 Å². The van der Waals surface area contributed by atoms with E-state index in [2.05, 4.69) is 9.97 Å². The third-order valence-corrected chi connectivity index (χ3v) is 6.22. The molecule has 1 saturated heterocycles. The zero-order valence-corrected chi connectivity index (χ0v) is 18.8. The molecule has 0 amide bonds. The van der Waals surface area contributed by atoms with Crippen LogP contribution in [0, 0.1) is 17.1 Å². The van der Waals surface area contributed by atoms with Crippen molar-refractivity contribution >= 4 is 22.5 Å². The Bertz CT molecular complexity index is 1350. The van der Waals surface area contributed by atoms with Gasteiger partial charge in [-0.1, -0.05) is 6.92 Å². The average Bonchev–Trinajstić information content (AvgIpc) is 2.80. The fraction of sp³-hybridized carbons (Fsp3) is 0.391. The molecule has 34 heavy (non-hydrogen) atoms. The lowest BCUT2D eigenvalue weighted by Crippen LogP contribution is -2.58. The Morgan fingerprint density at radius 2 is 1.88 bits per heavy atom. The Morgan fingerprint density at radius 1 is 1.15 bits per heavy atom. The Kier molecular flexibility index (Phi) is 5.93. The number of alkyl halides is 3. The minimum atomic E-state index is -4.76. The van der Waals surface area contributed by atoms with Crippen molar-refractivity contribution in [3.8, 4) is 6.07 Å². The zero-order valence-electron chi connectivity index (χ0n) is 18.8. The molecule has 1 aliphatic heterocycles. The van der Waals surface area contributed by atoms with E-state index in [1.807, 2.05) is 29.7 Å². The normalized spacial score (nSPS) is 18.9. The van der Waals surface area contributed by atoms with E-state index >= 15 is 0 Å². The number of hydrogen-bond donors (Lipinski definition) is 0. The minimum absolute atomic E-state index is 0.188. The van der Waals surface area contributed by atoms with E-state index in [0.29, 0.717) is 42.0 Å². The van der Waals surface area contributed by atoms with Gasteiger partial charge in [-0.05, 0) is 43.7 Å². The maximum absolute atomic E-state index is 14.3. The number of aryl methyl sites for hydroxylation is 1. The predicted octanol–water partition coefficient (Wildman–Crippen LogP) is 3.85. The molecule has 3 aromatic rings. The van der Waals surface area contributed by atoms with Gasteiger partial charge in [0.2, 0.25) is 0 Å². The molecule has 3 heterocycles. The fourth-order valence-electron chi connectivity index (χ4n) is 4.38. The van der Waals surface area contributed by atoms with Crippen LogP contribution in [0.3, 0.4) is 0 Å². The minimum Gasteiger partial charge on any atom is -0.365 e. The molecule has 4 rings (SSSR count). The third kappa shape index (κ3) is 4.04. The number of hydrogen-bond acceptors (Lipinski definition) is 6. The molecular weight excluding hydrogens is 452 g/mol. The summed E-state index contributed by atoms with van der Waals surface area (Å²) in [6.07, 6.45) is -4.15. The van der Waals surface area contributed by atoms with E-state index < -0.39 is 23.2 Å². The topological polar surface area (TPSA) is 78.0 Å². The molecule has 7 nitrogen and oxygen atoms in total. The van der Waals surface area contributed by atoms with Gasteiger partial charge in [0.1, 0.15) is 23.1 Å². The SMILES string of the molecule is CC[C@@H]1CN(c2nc(=O)n(C)c3ccc(C#N)nc23)C(C)CN1c1ccc(C(F)(F)F)c(F)c1. The molecule has 1 aliphatic rings. The smallest absolute Gasteiger partial charge is 0.365 e. The second kappa shape index (κ2) is 8.59. The van der Waals surface area contributed by atoms with E-state index in [1.54, 1.807) is 13.1 Å². The molecular formula is C23H22F4N6O. The molecule has 178 valence electrons. The first-order valence-electron chi connectivity index (χ1n) is 10.7. The quantitative estimate of drug-likeness (QED) is 0.537. The van der Waals surface area contributed by atoms with Gasteiger partial charge >= 0.3 is 11.9 Å². The standard InChI is InChI=1S/C23H22F4N6O/c1-4-15-12-32(21-20-19(31(3)22(34)30-21)8-5-14(10-28)29-20)13(2)11-33(15)16-6-7-17(18(24)9-16)23(25,26)27/h5-9,13,15H,4,11-12H2,1-3H3/t13?,15-/m1/s1. The highest BCUT2D eigenvalue weighted by molar-refractivity contribution is 5.86. The average molecular weight is 474 g/mol. The van der Waals surface area contributed by atoms with Gasteiger partial charge in [0.05, 0.1) is 11.1 Å². The van der Waals surface area contributed by atoms with E-state index in [9.17, 15) is 27.6 Å². The third-order valence-electron chi connectivity index (χ3n) is 6.22. The molecule has 0 radical (unpaired) electrons. The molecule has 1 unspecified atom stereocenters. The van der Waals surface area contributed by atoms with E-state index in [0.717, 1.165) is 12.1 Å². The maximum atomic E-state index is 14.3. The Balaban J connectivity index is 1.74. The molecule has 0 bridgehead atoms. The first kappa shape index (κ1) is 23.5. The molecule has 2 aromatic heterocycles. The van der Waals surface area contributed by atoms with Crippen molar-refractivity contribution in [3.63, 3.8) is 0 Å². The fourth-order valence-corrected chi connectivity index (χ4v) is 4.38. The molecule has 0 spiro atoms. The van der Waals surface area contributed by atoms with Crippen molar-refractivity contribution in [2.45, 2.75) is 38.5 Å². The number of pyridine rings is 1. The Labute approximate surface area is 192 Å². The predicted molar refractivity (Wildman–Crippen MR) is 119 cm³/mol. The number of rotatable bonds is 3. The molecule has 0 saturated carbocycles. The first-order valence-corrected chi connectivity index (χ1v) is 10.7.